The van der Waals surface area contributed by atoms with Gasteiger partial charge in [0.15, 0.2) is 0 Å². The lowest BCUT2D eigenvalue weighted by atomic mass is 10.0. The van der Waals surface area contributed by atoms with E-state index >= 15 is 0 Å². The first-order chi connectivity index (χ1) is 11.1. The van der Waals surface area contributed by atoms with Crippen molar-refractivity contribution in [3.05, 3.63) is 41.7 Å². The van der Waals surface area contributed by atoms with Crippen LogP contribution in [0, 0.1) is 17.1 Å². The molecule has 0 aliphatic carbocycles. The zero-order valence-electron chi connectivity index (χ0n) is 12.3. The van der Waals surface area contributed by atoms with Gasteiger partial charge in [0.1, 0.15) is 12.1 Å². The molecule has 0 saturated carbocycles. The summed E-state index contributed by atoms with van der Waals surface area (Å²) in [6.07, 6.45) is 3.19. The third-order valence-corrected chi connectivity index (χ3v) is 3.92. The van der Waals surface area contributed by atoms with Gasteiger partial charge in [0, 0.05) is 13.1 Å². The van der Waals surface area contributed by atoms with Gasteiger partial charge in [0.25, 0.3) is 5.91 Å². The highest BCUT2D eigenvalue weighted by Crippen LogP contribution is 2.28. The number of rotatable bonds is 3. The Balaban J connectivity index is 1.80. The van der Waals surface area contributed by atoms with E-state index < -0.39 is 11.7 Å². The van der Waals surface area contributed by atoms with Crippen molar-refractivity contribution in [3.63, 3.8) is 0 Å². The number of nitriles is 1. The molecule has 2 aromatic rings. The van der Waals surface area contributed by atoms with Crippen molar-refractivity contribution in [3.8, 4) is 6.07 Å². The number of nitrogens with zero attached hydrogens (tertiary/aromatic N) is 5. The summed E-state index contributed by atoms with van der Waals surface area (Å²) in [5.41, 5.74) is 5.91. The van der Waals surface area contributed by atoms with Crippen LogP contribution < -0.4 is 10.6 Å². The normalized spacial score (nSPS) is 17.7. The number of aromatic nitrogens is 3. The SMILES string of the molecule is N#Cc1ccc(N2CCC[C@@H](n3cnc(C(N)=O)n3)C2)c(F)c1. The second-order valence-corrected chi connectivity index (χ2v) is 5.43. The molecule has 1 aliphatic rings. The second-order valence-electron chi connectivity index (χ2n) is 5.43. The number of halogens is 1. The number of carbonyl (C=O) groups is 1. The van der Waals surface area contributed by atoms with Crippen molar-refractivity contribution in [1.29, 1.82) is 5.26 Å². The zero-order valence-corrected chi connectivity index (χ0v) is 12.3. The fourth-order valence-electron chi connectivity index (χ4n) is 2.79. The Hall–Kier alpha value is -2.95. The molecule has 1 aromatic carbocycles. The minimum atomic E-state index is -0.672. The van der Waals surface area contributed by atoms with Crippen LogP contribution >= 0.6 is 0 Å². The van der Waals surface area contributed by atoms with Crippen LogP contribution in [0.2, 0.25) is 0 Å². The van der Waals surface area contributed by atoms with Crippen molar-refractivity contribution in [2.75, 3.05) is 18.0 Å². The summed E-state index contributed by atoms with van der Waals surface area (Å²) in [6, 6.07) is 6.36. The van der Waals surface area contributed by atoms with Gasteiger partial charge < -0.3 is 10.6 Å². The maximum absolute atomic E-state index is 14.2. The average Bonchev–Trinajstić information content (AvgIpc) is 3.05. The molecule has 1 fully saturated rings. The molecule has 1 amide bonds. The fraction of sp³-hybridized carbons (Fsp3) is 0.333. The quantitative estimate of drug-likeness (QED) is 0.918. The number of anilines is 1. The van der Waals surface area contributed by atoms with E-state index in [9.17, 15) is 9.18 Å². The standard InChI is InChI=1S/C15H15FN6O/c16-12-6-10(7-17)3-4-13(12)21-5-1-2-11(8-21)22-9-19-15(20-22)14(18)23/h3-4,6,9,11H,1-2,5,8H2,(H2,18,23)/t11-/m1/s1. The van der Waals surface area contributed by atoms with Crippen LogP contribution in [0.3, 0.4) is 0 Å². The van der Waals surface area contributed by atoms with Crippen LogP contribution in [0.15, 0.2) is 24.5 Å². The van der Waals surface area contributed by atoms with Gasteiger partial charge in [-0.05, 0) is 31.0 Å². The van der Waals surface area contributed by atoms with Gasteiger partial charge in [-0.25, -0.2) is 14.1 Å². The van der Waals surface area contributed by atoms with Crippen molar-refractivity contribution >= 4 is 11.6 Å². The first-order valence-corrected chi connectivity index (χ1v) is 7.24. The highest BCUT2D eigenvalue weighted by atomic mass is 19.1. The molecule has 1 aromatic heterocycles. The third-order valence-electron chi connectivity index (χ3n) is 3.92. The van der Waals surface area contributed by atoms with Gasteiger partial charge in [-0.15, -0.1) is 5.10 Å². The van der Waals surface area contributed by atoms with E-state index in [4.69, 9.17) is 11.0 Å². The molecular formula is C15H15FN6O. The molecule has 0 unspecified atom stereocenters. The van der Waals surface area contributed by atoms with Crippen LogP contribution in [0.1, 0.15) is 35.1 Å². The molecule has 1 aliphatic heterocycles. The molecule has 2 N–H and O–H groups in total. The van der Waals surface area contributed by atoms with Gasteiger partial charge in [0.2, 0.25) is 5.82 Å². The van der Waals surface area contributed by atoms with Crippen LogP contribution in [0.5, 0.6) is 0 Å². The fourth-order valence-corrected chi connectivity index (χ4v) is 2.79. The van der Waals surface area contributed by atoms with Crippen LogP contribution in [0.4, 0.5) is 10.1 Å². The van der Waals surface area contributed by atoms with Crippen molar-refractivity contribution in [1.82, 2.24) is 14.8 Å². The number of piperidine rings is 1. The summed E-state index contributed by atoms with van der Waals surface area (Å²) in [5.74, 6) is -1.11. The molecular weight excluding hydrogens is 299 g/mol. The summed E-state index contributed by atoms with van der Waals surface area (Å²) in [6.45, 7) is 1.26. The Bertz CT molecular complexity index is 781. The lowest BCUT2D eigenvalue weighted by molar-refractivity contribution is 0.0990. The zero-order chi connectivity index (χ0) is 16.4. The van der Waals surface area contributed by atoms with E-state index in [1.807, 2.05) is 11.0 Å². The predicted molar refractivity (Wildman–Crippen MR) is 80.1 cm³/mol. The van der Waals surface area contributed by atoms with Crippen molar-refractivity contribution < 1.29 is 9.18 Å². The predicted octanol–water partition coefficient (Wildman–Crippen LogP) is 1.23. The number of hydrogen-bond acceptors (Lipinski definition) is 5. The summed E-state index contributed by atoms with van der Waals surface area (Å²) in [4.78, 5) is 16.9. The molecule has 7 nitrogen and oxygen atoms in total. The first-order valence-electron chi connectivity index (χ1n) is 7.24. The lowest BCUT2D eigenvalue weighted by Gasteiger charge is -2.34. The lowest BCUT2D eigenvalue weighted by Crippen LogP contribution is -2.37. The number of nitrogens with two attached hydrogens (primary N) is 1. The van der Waals surface area contributed by atoms with E-state index in [1.54, 1.807) is 16.8 Å². The highest BCUT2D eigenvalue weighted by molar-refractivity contribution is 5.88. The minimum absolute atomic E-state index is 0.0145. The summed E-state index contributed by atoms with van der Waals surface area (Å²) in [7, 11) is 0. The number of amides is 1. The molecule has 1 saturated heterocycles. The minimum Gasteiger partial charge on any atom is -0.367 e. The first kappa shape index (κ1) is 15.0. The van der Waals surface area contributed by atoms with Gasteiger partial charge in [-0.1, -0.05) is 0 Å². The van der Waals surface area contributed by atoms with Crippen LogP contribution in [-0.4, -0.2) is 33.8 Å². The second kappa shape index (κ2) is 6.04. The maximum Gasteiger partial charge on any atom is 0.288 e. The van der Waals surface area contributed by atoms with Crippen LogP contribution in [0.25, 0.3) is 0 Å². The number of primary amides is 1. The highest BCUT2D eigenvalue weighted by Gasteiger charge is 2.24. The third kappa shape index (κ3) is 2.99. The van der Waals surface area contributed by atoms with Crippen molar-refractivity contribution in [2.45, 2.75) is 18.9 Å². The van der Waals surface area contributed by atoms with E-state index in [1.165, 1.54) is 12.4 Å². The van der Waals surface area contributed by atoms with E-state index in [0.717, 1.165) is 19.4 Å². The Labute approximate surface area is 132 Å². The van der Waals surface area contributed by atoms with E-state index in [2.05, 4.69) is 10.1 Å². The molecule has 23 heavy (non-hydrogen) atoms. The van der Waals surface area contributed by atoms with E-state index in [-0.39, 0.29) is 11.9 Å². The Kier molecular flexibility index (Phi) is 3.93. The largest absolute Gasteiger partial charge is 0.367 e. The molecule has 0 bridgehead atoms. The molecule has 1 atom stereocenters. The summed E-state index contributed by atoms with van der Waals surface area (Å²) < 4.78 is 15.8. The summed E-state index contributed by atoms with van der Waals surface area (Å²) in [5, 5.41) is 12.9. The molecule has 118 valence electrons. The van der Waals surface area contributed by atoms with Gasteiger partial charge in [0.05, 0.1) is 23.4 Å². The molecule has 8 heteroatoms. The number of benzene rings is 1. The van der Waals surface area contributed by atoms with Crippen LogP contribution in [-0.2, 0) is 0 Å². The van der Waals surface area contributed by atoms with Gasteiger partial charge in [-0.3, -0.25) is 4.79 Å². The Morgan fingerprint density at radius 1 is 1.48 bits per heavy atom. The maximum atomic E-state index is 14.2. The van der Waals surface area contributed by atoms with Crippen molar-refractivity contribution in [2.24, 2.45) is 5.73 Å². The Morgan fingerprint density at radius 3 is 2.96 bits per heavy atom. The molecule has 0 spiro atoms. The number of hydrogen-bond donors (Lipinski definition) is 1. The molecule has 2 heterocycles. The monoisotopic (exact) mass is 314 g/mol. The molecule has 3 rings (SSSR count). The number of carbonyl (C=O) groups excluding carboxylic acids is 1. The van der Waals surface area contributed by atoms with Gasteiger partial charge >= 0.3 is 0 Å². The Morgan fingerprint density at radius 2 is 2.30 bits per heavy atom. The summed E-state index contributed by atoms with van der Waals surface area (Å²) >= 11 is 0. The smallest absolute Gasteiger partial charge is 0.288 e. The topological polar surface area (TPSA) is 101 Å². The van der Waals surface area contributed by atoms with Gasteiger partial charge in [-0.2, -0.15) is 5.26 Å². The average molecular weight is 314 g/mol. The molecule has 0 radical (unpaired) electrons. The van der Waals surface area contributed by atoms with E-state index in [0.29, 0.717) is 17.8 Å².